The third-order valence-corrected chi connectivity index (χ3v) is 4.47. The third kappa shape index (κ3) is 37.3. The number of carbonyl (C=O) groups excluding carboxylic acids is 2. The van der Waals surface area contributed by atoms with Gasteiger partial charge < -0.3 is 19.8 Å². The molecule has 5 heteroatoms. The number of unbranched alkanes of at least 4 members (excludes halogenated alkanes) is 14. The zero-order valence-electron chi connectivity index (χ0n) is 17.9. The van der Waals surface area contributed by atoms with Gasteiger partial charge in [-0.2, -0.15) is 0 Å². The van der Waals surface area contributed by atoms with Gasteiger partial charge in [-0.05, 0) is 25.7 Å². The molecule has 27 heavy (non-hydrogen) atoms. The molecule has 0 aromatic rings. The predicted octanol–water partition coefficient (Wildman–Crippen LogP) is 4.53. The van der Waals surface area contributed by atoms with Gasteiger partial charge in [0.25, 0.3) is 0 Å². The molecule has 0 saturated heterocycles. The smallest absolute Gasteiger partial charge is 0.550 e. The molecule has 0 unspecified atom stereocenters. The van der Waals surface area contributed by atoms with E-state index in [-0.39, 0.29) is 39.0 Å². The largest absolute Gasteiger partial charge is 2.00 e. The average Bonchev–Trinajstić information content (AvgIpc) is 2.60. The van der Waals surface area contributed by atoms with E-state index in [4.69, 9.17) is 0 Å². The van der Waals surface area contributed by atoms with Gasteiger partial charge in [0.15, 0.2) is 0 Å². The number of carboxylic acids is 2. The van der Waals surface area contributed by atoms with Crippen LogP contribution in [0.25, 0.3) is 0 Å². The molecule has 0 fully saturated rings. The molecule has 4 nitrogen and oxygen atoms in total. The second-order valence-corrected chi connectivity index (χ2v) is 7.19. The molecule has 0 atom stereocenters. The minimum atomic E-state index is -0.911. The Kier molecular flexibility index (Phi) is 32.7. The van der Waals surface area contributed by atoms with Crippen molar-refractivity contribution >= 4 is 11.9 Å². The van der Waals surface area contributed by atoms with Crippen LogP contribution in [0.15, 0.2) is 0 Å². The van der Waals surface area contributed by atoms with Crippen LogP contribution in [0.1, 0.15) is 129 Å². The van der Waals surface area contributed by atoms with E-state index >= 15 is 0 Å². The molecule has 0 saturated carbocycles. The van der Waals surface area contributed by atoms with E-state index in [9.17, 15) is 19.8 Å². The third-order valence-electron chi connectivity index (χ3n) is 4.47. The van der Waals surface area contributed by atoms with Gasteiger partial charge in [-0.25, -0.2) is 0 Å². The summed E-state index contributed by atoms with van der Waals surface area (Å²) in [5.41, 5.74) is 0. The Hall–Kier alpha value is -0.177. The Morgan fingerprint density at radius 3 is 0.926 bits per heavy atom. The van der Waals surface area contributed by atoms with Crippen molar-refractivity contribution in [2.24, 2.45) is 0 Å². The number of carboxylic acid groups (broad SMARTS) is 2. The van der Waals surface area contributed by atoms with Crippen LogP contribution in [0, 0.1) is 0 Å². The Labute approximate surface area is 187 Å². The summed E-state index contributed by atoms with van der Waals surface area (Å²) in [5, 5.41) is 20.1. The van der Waals surface area contributed by atoms with E-state index in [0.717, 1.165) is 25.7 Å². The molecule has 0 rings (SSSR count). The summed E-state index contributed by atoms with van der Waals surface area (Å²) in [7, 11) is 0. The van der Waals surface area contributed by atoms with E-state index in [1.54, 1.807) is 0 Å². The number of aliphatic carboxylic acids is 2. The van der Waals surface area contributed by atoms with Gasteiger partial charge >= 0.3 is 26.2 Å². The molecule has 0 radical (unpaired) electrons. The van der Waals surface area contributed by atoms with Gasteiger partial charge in [0.2, 0.25) is 0 Å². The minimum absolute atomic E-state index is 0. The SMILES string of the molecule is CCCCCCCCCCC(=O)[O-].CCCCCCCCCCC(=O)[O-].[Zr+2]. The van der Waals surface area contributed by atoms with Gasteiger partial charge in [-0.3, -0.25) is 0 Å². The first-order valence-electron chi connectivity index (χ1n) is 10.9. The van der Waals surface area contributed by atoms with Gasteiger partial charge in [0.1, 0.15) is 0 Å². The number of carbonyl (C=O) groups is 2. The van der Waals surface area contributed by atoms with Crippen molar-refractivity contribution < 1.29 is 46.0 Å². The average molecular weight is 462 g/mol. The van der Waals surface area contributed by atoms with Crippen LogP contribution >= 0.6 is 0 Å². The summed E-state index contributed by atoms with van der Waals surface area (Å²) >= 11 is 0. The van der Waals surface area contributed by atoms with E-state index < -0.39 is 11.9 Å². The molecule has 0 N–H and O–H groups in total. The molecule has 0 heterocycles. The first-order valence-corrected chi connectivity index (χ1v) is 10.9. The second kappa shape index (κ2) is 28.0. The van der Waals surface area contributed by atoms with Crippen LogP contribution in [-0.2, 0) is 35.8 Å². The molecular weight excluding hydrogens is 419 g/mol. The van der Waals surface area contributed by atoms with Gasteiger partial charge in [0, 0.05) is 11.9 Å². The second-order valence-electron chi connectivity index (χ2n) is 7.19. The monoisotopic (exact) mass is 460 g/mol. The van der Waals surface area contributed by atoms with Crippen molar-refractivity contribution in [1.29, 1.82) is 0 Å². The van der Waals surface area contributed by atoms with Crippen molar-refractivity contribution in [3.05, 3.63) is 0 Å². The predicted molar refractivity (Wildman–Crippen MR) is 104 cm³/mol. The quantitative estimate of drug-likeness (QED) is 0.281. The number of hydrogen-bond donors (Lipinski definition) is 0. The molecule has 158 valence electrons. The summed E-state index contributed by atoms with van der Waals surface area (Å²) in [5.74, 6) is -1.82. The normalized spacial score (nSPS) is 9.85. The first-order chi connectivity index (χ1) is 12.5. The summed E-state index contributed by atoms with van der Waals surface area (Å²) < 4.78 is 0. The Bertz CT molecular complexity index is 279. The summed E-state index contributed by atoms with van der Waals surface area (Å²) in [6.45, 7) is 4.42. The molecule has 0 aliphatic carbocycles. The summed E-state index contributed by atoms with van der Waals surface area (Å²) in [6.07, 6.45) is 19.5. The summed E-state index contributed by atoms with van der Waals surface area (Å²) in [4.78, 5) is 20.1. The van der Waals surface area contributed by atoms with Gasteiger partial charge in [0.05, 0.1) is 0 Å². The topological polar surface area (TPSA) is 80.3 Å². The Morgan fingerprint density at radius 2 is 0.704 bits per heavy atom. The van der Waals surface area contributed by atoms with Crippen LogP contribution in [0.4, 0.5) is 0 Å². The fraction of sp³-hybridized carbons (Fsp3) is 0.909. The van der Waals surface area contributed by atoms with Gasteiger partial charge in [-0.15, -0.1) is 0 Å². The van der Waals surface area contributed by atoms with E-state index in [2.05, 4.69) is 13.8 Å². The Balaban J connectivity index is -0.000000411. The maximum Gasteiger partial charge on any atom is 2.00 e. The van der Waals surface area contributed by atoms with Crippen molar-refractivity contribution in [1.82, 2.24) is 0 Å². The van der Waals surface area contributed by atoms with Crippen molar-refractivity contribution in [3.8, 4) is 0 Å². The number of hydrogen-bond acceptors (Lipinski definition) is 4. The molecular formula is C22H42O4Zr. The van der Waals surface area contributed by atoms with Crippen molar-refractivity contribution in [2.45, 2.75) is 129 Å². The number of rotatable bonds is 18. The van der Waals surface area contributed by atoms with E-state index in [1.807, 2.05) is 0 Å². The molecule has 0 aromatic carbocycles. The standard InChI is InChI=1S/2C11H22O2.Zr/c2*1-2-3-4-5-6-7-8-9-10-11(12)13;/h2*2-10H2,1H3,(H,12,13);/q;;+2/p-2. The molecule has 0 aromatic heterocycles. The van der Waals surface area contributed by atoms with Crippen LogP contribution < -0.4 is 10.2 Å². The fourth-order valence-electron chi connectivity index (χ4n) is 2.81. The maximum absolute atomic E-state index is 10.1. The van der Waals surface area contributed by atoms with Crippen LogP contribution in [0.5, 0.6) is 0 Å². The Morgan fingerprint density at radius 1 is 0.481 bits per heavy atom. The van der Waals surface area contributed by atoms with Crippen LogP contribution in [-0.4, -0.2) is 11.9 Å². The van der Waals surface area contributed by atoms with Crippen molar-refractivity contribution in [3.63, 3.8) is 0 Å². The molecule has 0 amide bonds. The van der Waals surface area contributed by atoms with Crippen LogP contribution in [0.3, 0.4) is 0 Å². The van der Waals surface area contributed by atoms with Gasteiger partial charge in [-0.1, -0.05) is 104 Å². The zero-order chi connectivity index (χ0) is 19.9. The van der Waals surface area contributed by atoms with E-state index in [1.165, 1.54) is 77.0 Å². The van der Waals surface area contributed by atoms with E-state index in [0.29, 0.717) is 0 Å². The maximum atomic E-state index is 10.1. The zero-order valence-corrected chi connectivity index (χ0v) is 20.3. The van der Waals surface area contributed by atoms with Crippen molar-refractivity contribution in [2.75, 3.05) is 0 Å². The first kappa shape index (κ1) is 31.5. The molecule has 0 aliphatic rings. The fourth-order valence-corrected chi connectivity index (χ4v) is 2.81. The molecule has 0 bridgehead atoms. The molecule has 0 aliphatic heterocycles. The molecule has 0 spiro atoms. The minimum Gasteiger partial charge on any atom is -0.550 e. The summed E-state index contributed by atoms with van der Waals surface area (Å²) in [6, 6.07) is 0. The van der Waals surface area contributed by atoms with Crippen LogP contribution in [0.2, 0.25) is 0 Å².